The molecule has 1 aliphatic rings. The maximum absolute atomic E-state index is 12.8. The number of carbonyl (C=O) groups excluding carboxylic acids is 1. The van der Waals surface area contributed by atoms with Gasteiger partial charge in [0.05, 0.1) is 29.8 Å². The molecule has 0 saturated heterocycles. The van der Waals surface area contributed by atoms with Crippen LogP contribution in [-0.4, -0.2) is 75.1 Å². The Morgan fingerprint density at radius 3 is 2.67 bits per heavy atom. The first kappa shape index (κ1) is 32.7. The zero-order chi connectivity index (χ0) is 28.8. The normalized spacial score (nSPS) is 22.7. The Morgan fingerprint density at radius 1 is 1.18 bits per heavy atom. The SMILES string of the molecule is O=C(CCC/C=C\C[C@@H]1[C@@H](/C=C/[C@@H](O)COc2cccc(C(F)(F)F)c2)[C@H](O)C[C@@H]1O)NCCCON(O)O. The van der Waals surface area contributed by atoms with Crippen LogP contribution in [0.5, 0.6) is 5.75 Å². The molecule has 1 aromatic carbocycles. The van der Waals surface area contributed by atoms with Crippen LogP contribution in [0.25, 0.3) is 0 Å². The number of halogens is 3. The van der Waals surface area contributed by atoms with E-state index in [-0.39, 0.29) is 42.6 Å². The minimum Gasteiger partial charge on any atom is -0.491 e. The summed E-state index contributed by atoms with van der Waals surface area (Å²) in [5, 5.41) is 50.0. The largest absolute Gasteiger partial charge is 0.491 e. The summed E-state index contributed by atoms with van der Waals surface area (Å²) in [6.45, 7) is 0.102. The van der Waals surface area contributed by atoms with E-state index >= 15 is 0 Å². The van der Waals surface area contributed by atoms with Crippen LogP contribution in [0, 0.1) is 11.8 Å². The van der Waals surface area contributed by atoms with Crippen LogP contribution in [0.1, 0.15) is 44.1 Å². The minimum absolute atomic E-state index is 0.0270. The molecular formula is C26H37F3N2O8. The van der Waals surface area contributed by atoms with Crippen molar-refractivity contribution in [3.8, 4) is 5.75 Å². The summed E-state index contributed by atoms with van der Waals surface area (Å²) >= 11 is 0. The highest BCUT2D eigenvalue weighted by atomic mass is 19.4. The number of alkyl halides is 3. The first-order valence-electron chi connectivity index (χ1n) is 12.7. The Morgan fingerprint density at radius 2 is 1.95 bits per heavy atom. The number of carbonyl (C=O) groups is 1. The first-order chi connectivity index (χ1) is 18.5. The number of hydrogen-bond acceptors (Lipinski definition) is 9. The van der Waals surface area contributed by atoms with Crippen molar-refractivity contribution in [2.24, 2.45) is 11.8 Å². The number of allylic oxidation sites excluding steroid dienone is 2. The Hall–Kier alpha value is -2.52. The summed E-state index contributed by atoms with van der Waals surface area (Å²) in [7, 11) is 0. The Balaban J connectivity index is 1.73. The third-order valence-electron chi connectivity index (χ3n) is 6.25. The summed E-state index contributed by atoms with van der Waals surface area (Å²) in [5.74, 6) is -0.876. The number of hydrogen-bond donors (Lipinski definition) is 6. The molecule has 0 heterocycles. The van der Waals surface area contributed by atoms with E-state index < -0.39 is 36.0 Å². The van der Waals surface area contributed by atoms with E-state index in [9.17, 15) is 33.3 Å². The number of ether oxygens (including phenoxy) is 1. The molecule has 1 fully saturated rings. The van der Waals surface area contributed by atoms with E-state index in [0.717, 1.165) is 12.1 Å². The molecule has 0 aromatic heterocycles. The zero-order valence-electron chi connectivity index (χ0n) is 21.4. The topological polar surface area (TPSA) is 152 Å². The third-order valence-corrected chi connectivity index (χ3v) is 6.25. The maximum atomic E-state index is 12.8. The average molecular weight is 563 g/mol. The van der Waals surface area contributed by atoms with Gasteiger partial charge in [-0.25, -0.2) is 0 Å². The maximum Gasteiger partial charge on any atom is 0.416 e. The summed E-state index contributed by atoms with van der Waals surface area (Å²) in [6.07, 6.45) is 2.24. The predicted molar refractivity (Wildman–Crippen MR) is 132 cm³/mol. The number of aliphatic hydroxyl groups is 3. The quantitative estimate of drug-likeness (QED) is 0.101. The first-order valence-corrected chi connectivity index (χ1v) is 12.7. The second kappa shape index (κ2) is 16.6. The van der Waals surface area contributed by atoms with Crippen molar-refractivity contribution in [1.82, 2.24) is 10.7 Å². The summed E-state index contributed by atoms with van der Waals surface area (Å²) in [4.78, 5) is 16.2. The third kappa shape index (κ3) is 12.5. The van der Waals surface area contributed by atoms with Crippen molar-refractivity contribution in [2.75, 3.05) is 19.8 Å². The number of unbranched alkanes of at least 4 members (excludes halogenated alkanes) is 1. The van der Waals surface area contributed by atoms with Gasteiger partial charge in [-0.15, -0.1) is 0 Å². The lowest BCUT2D eigenvalue weighted by atomic mass is 9.89. The van der Waals surface area contributed by atoms with Gasteiger partial charge in [0, 0.05) is 25.3 Å². The molecule has 1 saturated carbocycles. The summed E-state index contributed by atoms with van der Waals surface area (Å²) < 4.78 is 43.8. The molecule has 0 radical (unpaired) electrons. The van der Waals surface area contributed by atoms with Gasteiger partial charge in [-0.05, 0) is 49.8 Å². The van der Waals surface area contributed by atoms with Crippen molar-refractivity contribution in [1.29, 1.82) is 0 Å². The van der Waals surface area contributed by atoms with Crippen LogP contribution in [0.3, 0.4) is 0 Å². The molecule has 0 bridgehead atoms. The molecule has 13 heteroatoms. The van der Waals surface area contributed by atoms with Crippen molar-refractivity contribution in [2.45, 2.75) is 63.0 Å². The molecule has 1 aromatic rings. The number of nitrogens with zero attached hydrogens (tertiary/aromatic N) is 1. The van der Waals surface area contributed by atoms with Gasteiger partial charge in [-0.3, -0.25) is 20.0 Å². The second-order valence-corrected chi connectivity index (χ2v) is 9.29. The predicted octanol–water partition coefficient (Wildman–Crippen LogP) is 2.99. The highest BCUT2D eigenvalue weighted by molar-refractivity contribution is 5.75. The van der Waals surface area contributed by atoms with E-state index in [0.29, 0.717) is 38.6 Å². The van der Waals surface area contributed by atoms with E-state index in [2.05, 4.69) is 10.2 Å². The molecule has 5 atom stereocenters. The number of nitrogens with one attached hydrogen (secondary N) is 1. The number of amides is 1. The fraction of sp³-hybridized carbons (Fsp3) is 0.577. The van der Waals surface area contributed by atoms with Crippen molar-refractivity contribution < 1.29 is 53.3 Å². The van der Waals surface area contributed by atoms with E-state index in [1.54, 1.807) is 6.08 Å². The fourth-order valence-corrected chi connectivity index (χ4v) is 4.25. The minimum atomic E-state index is -4.50. The highest BCUT2D eigenvalue weighted by Gasteiger charge is 2.39. The monoisotopic (exact) mass is 562 g/mol. The molecule has 220 valence electrons. The van der Waals surface area contributed by atoms with Gasteiger partial charge < -0.3 is 25.4 Å². The van der Waals surface area contributed by atoms with Crippen LogP contribution < -0.4 is 10.1 Å². The van der Waals surface area contributed by atoms with Gasteiger partial charge in [-0.2, -0.15) is 13.2 Å². The van der Waals surface area contributed by atoms with Crippen molar-refractivity contribution >= 4 is 5.91 Å². The van der Waals surface area contributed by atoms with Gasteiger partial charge in [-0.1, -0.05) is 30.4 Å². The van der Waals surface area contributed by atoms with Crippen LogP contribution >= 0.6 is 0 Å². The lowest BCUT2D eigenvalue weighted by Gasteiger charge is -2.19. The lowest BCUT2D eigenvalue weighted by molar-refractivity contribution is -0.492. The van der Waals surface area contributed by atoms with Crippen LogP contribution in [0.15, 0.2) is 48.6 Å². The molecule has 2 rings (SSSR count). The Kier molecular flexibility index (Phi) is 13.9. The standard InChI is InChI=1S/C26H37F3N2O8/c27-26(28,29)18-7-5-8-20(15-18)38-17-19(32)11-12-22-21(23(33)16-24(22)34)9-3-1-2-4-10-25(35)30-13-6-14-39-31(36)37/h1,3,5,7-8,11-12,15,19,21-24,32-34,36-37H,2,4,6,9-10,13-14,16-17H2,(H,30,35)/b3-1-,12-11+/t19-,21-,22-,23+,24-/m1/s1. The molecule has 0 unspecified atom stereocenters. The lowest BCUT2D eigenvalue weighted by Crippen LogP contribution is -2.25. The highest BCUT2D eigenvalue weighted by Crippen LogP contribution is 2.36. The number of rotatable bonds is 16. The van der Waals surface area contributed by atoms with E-state index in [1.165, 1.54) is 18.2 Å². The summed E-state index contributed by atoms with van der Waals surface area (Å²) in [6, 6.07) is 4.35. The smallest absolute Gasteiger partial charge is 0.416 e. The molecule has 0 aliphatic heterocycles. The molecule has 6 N–H and O–H groups in total. The molecule has 0 spiro atoms. The second-order valence-electron chi connectivity index (χ2n) is 9.29. The van der Waals surface area contributed by atoms with E-state index in [1.807, 2.05) is 12.2 Å². The fourth-order valence-electron chi connectivity index (χ4n) is 4.25. The molecule has 39 heavy (non-hydrogen) atoms. The number of aliphatic hydroxyl groups excluding tert-OH is 3. The zero-order valence-corrected chi connectivity index (χ0v) is 21.4. The van der Waals surface area contributed by atoms with Crippen LogP contribution in [0.2, 0.25) is 0 Å². The molecule has 1 aliphatic carbocycles. The van der Waals surface area contributed by atoms with Gasteiger partial charge >= 0.3 is 6.18 Å². The van der Waals surface area contributed by atoms with Crippen LogP contribution in [-0.2, 0) is 15.8 Å². The Labute approximate surface area is 224 Å². The van der Waals surface area contributed by atoms with Crippen molar-refractivity contribution in [3.63, 3.8) is 0 Å². The van der Waals surface area contributed by atoms with Gasteiger partial charge in [0.2, 0.25) is 5.91 Å². The molecular weight excluding hydrogens is 525 g/mol. The average Bonchev–Trinajstić information content (AvgIpc) is 3.14. The van der Waals surface area contributed by atoms with Crippen molar-refractivity contribution in [3.05, 3.63) is 54.1 Å². The van der Waals surface area contributed by atoms with Gasteiger partial charge in [0.15, 0.2) is 0 Å². The van der Waals surface area contributed by atoms with E-state index in [4.69, 9.17) is 15.2 Å². The van der Waals surface area contributed by atoms with Crippen LogP contribution in [0.4, 0.5) is 13.2 Å². The summed E-state index contributed by atoms with van der Waals surface area (Å²) in [5.41, 5.74) is -0.853. The number of benzene rings is 1. The molecule has 10 nitrogen and oxygen atoms in total. The molecule has 1 amide bonds. The van der Waals surface area contributed by atoms with Gasteiger partial charge in [0.25, 0.3) is 0 Å². The van der Waals surface area contributed by atoms with Gasteiger partial charge in [0.1, 0.15) is 18.5 Å². The Bertz CT molecular complexity index is 929.